The largest absolute Gasteiger partial charge is 0.496 e. The SMILES string of the molecule is CCCC(C(=O)NCc1ccc(OC)c(C(=O)O)c1)c1ccccc1. The molecule has 5 heteroatoms. The van der Waals surface area contributed by atoms with Crippen LogP contribution >= 0.6 is 0 Å². The van der Waals surface area contributed by atoms with Crippen molar-refractivity contribution in [2.75, 3.05) is 7.11 Å². The van der Waals surface area contributed by atoms with Crippen LogP contribution in [0.25, 0.3) is 0 Å². The predicted octanol–water partition coefficient (Wildman–Crippen LogP) is 3.59. The monoisotopic (exact) mass is 341 g/mol. The number of hydrogen-bond acceptors (Lipinski definition) is 3. The van der Waals surface area contributed by atoms with Gasteiger partial charge in [-0.1, -0.05) is 49.7 Å². The lowest BCUT2D eigenvalue weighted by Gasteiger charge is -2.17. The first-order valence-corrected chi connectivity index (χ1v) is 8.29. The first kappa shape index (κ1) is 18.5. The molecule has 0 radical (unpaired) electrons. The molecule has 0 saturated carbocycles. The number of carboxylic acids is 1. The summed E-state index contributed by atoms with van der Waals surface area (Å²) in [6, 6.07) is 14.6. The Hall–Kier alpha value is -2.82. The maximum absolute atomic E-state index is 12.6. The van der Waals surface area contributed by atoms with Gasteiger partial charge in [-0.25, -0.2) is 4.79 Å². The molecule has 0 saturated heterocycles. The van der Waals surface area contributed by atoms with Crippen molar-refractivity contribution in [1.29, 1.82) is 0 Å². The van der Waals surface area contributed by atoms with E-state index in [0.717, 1.165) is 24.0 Å². The summed E-state index contributed by atoms with van der Waals surface area (Å²) >= 11 is 0. The van der Waals surface area contributed by atoms with Crippen LogP contribution < -0.4 is 10.1 Å². The van der Waals surface area contributed by atoms with E-state index in [0.29, 0.717) is 5.75 Å². The summed E-state index contributed by atoms with van der Waals surface area (Å²) < 4.78 is 5.05. The molecule has 2 N–H and O–H groups in total. The van der Waals surface area contributed by atoms with E-state index in [1.807, 2.05) is 37.3 Å². The number of methoxy groups -OCH3 is 1. The van der Waals surface area contributed by atoms with Gasteiger partial charge in [0.2, 0.25) is 5.91 Å². The number of ether oxygens (including phenoxy) is 1. The van der Waals surface area contributed by atoms with Gasteiger partial charge in [0.05, 0.1) is 13.0 Å². The van der Waals surface area contributed by atoms with Crippen molar-refractivity contribution in [3.63, 3.8) is 0 Å². The highest BCUT2D eigenvalue weighted by molar-refractivity contribution is 5.91. The van der Waals surface area contributed by atoms with Crippen LogP contribution in [0.1, 0.15) is 47.2 Å². The van der Waals surface area contributed by atoms with Gasteiger partial charge in [-0.05, 0) is 29.7 Å². The van der Waals surface area contributed by atoms with Gasteiger partial charge in [0, 0.05) is 6.54 Å². The van der Waals surface area contributed by atoms with Gasteiger partial charge in [0.25, 0.3) is 0 Å². The van der Waals surface area contributed by atoms with Crippen LogP contribution in [0.2, 0.25) is 0 Å². The van der Waals surface area contributed by atoms with Gasteiger partial charge in [-0.3, -0.25) is 4.79 Å². The van der Waals surface area contributed by atoms with Gasteiger partial charge < -0.3 is 15.2 Å². The van der Waals surface area contributed by atoms with Crippen molar-refractivity contribution < 1.29 is 19.4 Å². The van der Waals surface area contributed by atoms with Crippen LogP contribution in [0.5, 0.6) is 5.75 Å². The lowest BCUT2D eigenvalue weighted by Crippen LogP contribution is -2.29. The number of hydrogen-bond donors (Lipinski definition) is 2. The normalized spacial score (nSPS) is 11.6. The molecule has 132 valence electrons. The average Bonchev–Trinajstić information content (AvgIpc) is 2.64. The molecule has 0 aliphatic carbocycles. The Morgan fingerprint density at radius 2 is 1.88 bits per heavy atom. The number of carbonyl (C=O) groups is 2. The molecule has 25 heavy (non-hydrogen) atoms. The molecule has 0 aliphatic heterocycles. The van der Waals surface area contributed by atoms with E-state index in [9.17, 15) is 14.7 Å². The number of carboxylic acid groups (broad SMARTS) is 1. The third kappa shape index (κ3) is 4.83. The quantitative estimate of drug-likeness (QED) is 0.769. The highest BCUT2D eigenvalue weighted by Crippen LogP contribution is 2.22. The van der Waals surface area contributed by atoms with Crippen molar-refractivity contribution >= 4 is 11.9 Å². The van der Waals surface area contributed by atoms with E-state index in [1.54, 1.807) is 12.1 Å². The fourth-order valence-electron chi connectivity index (χ4n) is 2.77. The summed E-state index contributed by atoms with van der Waals surface area (Å²) in [6.07, 6.45) is 1.66. The Bertz CT molecular complexity index is 728. The van der Waals surface area contributed by atoms with Gasteiger partial charge in [0.1, 0.15) is 11.3 Å². The fourth-order valence-corrected chi connectivity index (χ4v) is 2.77. The zero-order valence-electron chi connectivity index (χ0n) is 14.5. The molecular weight excluding hydrogens is 318 g/mol. The first-order chi connectivity index (χ1) is 12.1. The average molecular weight is 341 g/mol. The Kier molecular flexibility index (Phi) is 6.57. The lowest BCUT2D eigenvalue weighted by molar-refractivity contribution is -0.122. The second kappa shape index (κ2) is 8.87. The van der Waals surface area contributed by atoms with Gasteiger partial charge >= 0.3 is 5.97 Å². The standard InChI is InChI=1S/C20H23NO4/c1-3-7-16(15-8-5-4-6-9-15)19(22)21-13-14-10-11-18(25-2)17(12-14)20(23)24/h4-6,8-12,16H,3,7,13H2,1-2H3,(H,21,22)(H,23,24). The zero-order chi connectivity index (χ0) is 18.2. The summed E-state index contributed by atoms with van der Waals surface area (Å²) in [5, 5.41) is 12.2. The minimum atomic E-state index is -1.06. The van der Waals surface area contributed by atoms with Crippen molar-refractivity contribution in [2.24, 2.45) is 0 Å². The van der Waals surface area contributed by atoms with E-state index in [1.165, 1.54) is 13.2 Å². The molecule has 5 nitrogen and oxygen atoms in total. The molecule has 1 unspecified atom stereocenters. The third-order valence-electron chi connectivity index (χ3n) is 4.06. The molecule has 0 heterocycles. The topological polar surface area (TPSA) is 75.6 Å². The van der Waals surface area contributed by atoms with Crippen LogP contribution in [-0.4, -0.2) is 24.1 Å². The number of rotatable bonds is 8. The highest BCUT2D eigenvalue weighted by atomic mass is 16.5. The van der Waals surface area contributed by atoms with E-state index >= 15 is 0 Å². The number of benzene rings is 2. The third-order valence-corrected chi connectivity index (χ3v) is 4.06. The predicted molar refractivity (Wildman–Crippen MR) is 95.9 cm³/mol. The number of carbonyl (C=O) groups excluding carboxylic acids is 1. The van der Waals surface area contributed by atoms with Crippen molar-refractivity contribution in [3.8, 4) is 5.75 Å². The van der Waals surface area contributed by atoms with Gasteiger partial charge in [0.15, 0.2) is 0 Å². The first-order valence-electron chi connectivity index (χ1n) is 8.29. The second-order valence-corrected chi connectivity index (χ2v) is 5.81. The van der Waals surface area contributed by atoms with E-state index < -0.39 is 5.97 Å². The van der Waals surface area contributed by atoms with Crippen LogP contribution in [0.3, 0.4) is 0 Å². The van der Waals surface area contributed by atoms with E-state index in [-0.39, 0.29) is 23.9 Å². The highest BCUT2D eigenvalue weighted by Gasteiger charge is 2.19. The summed E-state index contributed by atoms with van der Waals surface area (Å²) in [7, 11) is 1.43. The Balaban J connectivity index is 2.10. The van der Waals surface area contributed by atoms with Crippen molar-refractivity contribution in [1.82, 2.24) is 5.32 Å². The molecule has 0 spiro atoms. The molecule has 0 bridgehead atoms. The maximum Gasteiger partial charge on any atom is 0.339 e. The molecule has 2 rings (SSSR count). The number of amides is 1. The lowest BCUT2D eigenvalue weighted by atomic mass is 9.93. The molecule has 2 aromatic carbocycles. The second-order valence-electron chi connectivity index (χ2n) is 5.81. The summed E-state index contributed by atoms with van der Waals surface area (Å²) in [6.45, 7) is 2.32. The van der Waals surface area contributed by atoms with E-state index in [4.69, 9.17) is 4.74 Å². The maximum atomic E-state index is 12.6. The molecule has 2 aromatic rings. The minimum Gasteiger partial charge on any atom is -0.496 e. The molecule has 0 aromatic heterocycles. The van der Waals surface area contributed by atoms with Gasteiger partial charge in [-0.2, -0.15) is 0 Å². The van der Waals surface area contributed by atoms with Gasteiger partial charge in [-0.15, -0.1) is 0 Å². The summed E-state index contributed by atoms with van der Waals surface area (Å²) in [4.78, 5) is 23.9. The van der Waals surface area contributed by atoms with Crippen molar-refractivity contribution in [3.05, 3.63) is 65.2 Å². The van der Waals surface area contributed by atoms with Crippen molar-refractivity contribution in [2.45, 2.75) is 32.2 Å². The molecule has 0 fully saturated rings. The Morgan fingerprint density at radius 1 is 1.16 bits per heavy atom. The minimum absolute atomic E-state index is 0.0549. The zero-order valence-corrected chi connectivity index (χ0v) is 14.5. The molecular formula is C20H23NO4. The summed E-state index contributed by atoms with van der Waals surface area (Å²) in [5.41, 5.74) is 1.79. The molecule has 0 aliphatic rings. The number of aromatic carboxylic acids is 1. The van der Waals surface area contributed by atoms with E-state index in [2.05, 4.69) is 5.32 Å². The summed E-state index contributed by atoms with van der Waals surface area (Å²) in [5.74, 6) is -1.02. The van der Waals surface area contributed by atoms with Crippen LogP contribution in [0.15, 0.2) is 48.5 Å². The van der Waals surface area contributed by atoms with Crippen LogP contribution in [-0.2, 0) is 11.3 Å². The molecule has 1 amide bonds. The van der Waals surface area contributed by atoms with Crippen LogP contribution in [0, 0.1) is 0 Å². The Labute approximate surface area is 147 Å². The molecule has 1 atom stereocenters. The Morgan fingerprint density at radius 3 is 2.48 bits per heavy atom. The van der Waals surface area contributed by atoms with Crippen LogP contribution in [0.4, 0.5) is 0 Å². The smallest absolute Gasteiger partial charge is 0.339 e. The number of nitrogens with one attached hydrogen (secondary N) is 1. The fraction of sp³-hybridized carbons (Fsp3) is 0.300.